The van der Waals surface area contributed by atoms with E-state index in [0.717, 1.165) is 36.5 Å². The number of aryl methyl sites for hydroxylation is 2. The van der Waals surface area contributed by atoms with E-state index in [0.29, 0.717) is 12.0 Å². The maximum absolute atomic E-state index is 6.34. The van der Waals surface area contributed by atoms with Crippen LogP contribution in [0.25, 0.3) is 0 Å². The molecule has 0 amide bonds. The molecule has 0 bridgehead atoms. The van der Waals surface area contributed by atoms with E-state index in [1.165, 1.54) is 0 Å². The average molecular weight is 223 g/mol. The fourth-order valence-electron chi connectivity index (χ4n) is 2.71. The summed E-state index contributed by atoms with van der Waals surface area (Å²) in [5, 5.41) is 0. The first kappa shape index (κ1) is 11.7. The summed E-state index contributed by atoms with van der Waals surface area (Å²) in [6.07, 6.45) is 2.40. The zero-order valence-electron chi connectivity index (χ0n) is 10.3. The zero-order chi connectivity index (χ0) is 11.7. The van der Waals surface area contributed by atoms with Gasteiger partial charge < -0.3 is 14.9 Å². The normalized spacial score (nSPS) is 27.2. The van der Waals surface area contributed by atoms with E-state index in [4.69, 9.17) is 14.9 Å². The highest BCUT2D eigenvalue weighted by Crippen LogP contribution is 2.35. The number of ether oxygens (including phenoxy) is 1. The number of nitrogens with two attached hydrogens (primary N) is 1. The van der Waals surface area contributed by atoms with Gasteiger partial charge in [0.1, 0.15) is 11.5 Å². The summed E-state index contributed by atoms with van der Waals surface area (Å²) in [4.78, 5) is 0. The Morgan fingerprint density at radius 2 is 2.25 bits per heavy atom. The van der Waals surface area contributed by atoms with Crippen molar-refractivity contribution in [1.82, 2.24) is 0 Å². The minimum absolute atomic E-state index is 0.0462. The maximum atomic E-state index is 6.34. The lowest BCUT2D eigenvalue weighted by molar-refractivity contribution is 0.0812. The third-order valence-electron chi connectivity index (χ3n) is 3.56. The van der Waals surface area contributed by atoms with E-state index in [1.807, 2.05) is 13.8 Å². The fourth-order valence-corrected chi connectivity index (χ4v) is 2.71. The van der Waals surface area contributed by atoms with E-state index in [-0.39, 0.29) is 6.04 Å². The highest BCUT2D eigenvalue weighted by atomic mass is 16.5. The first-order valence-corrected chi connectivity index (χ1v) is 6.07. The van der Waals surface area contributed by atoms with Crippen molar-refractivity contribution in [2.24, 2.45) is 11.7 Å². The van der Waals surface area contributed by atoms with Gasteiger partial charge in [0.2, 0.25) is 0 Å². The average Bonchev–Trinajstić information content (AvgIpc) is 2.83. The molecule has 1 aliphatic heterocycles. The van der Waals surface area contributed by atoms with Gasteiger partial charge in [0, 0.05) is 24.1 Å². The molecule has 2 heterocycles. The predicted molar refractivity (Wildman–Crippen MR) is 63.2 cm³/mol. The van der Waals surface area contributed by atoms with Crippen molar-refractivity contribution in [3.05, 3.63) is 23.2 Å². The first-order chi connectivity index (χ1) is 7.63. The molecule has 3 heteroatoms. The number of furan rings is 1. The second-order valence-corrected chi connectivity index (χ2v) is 4.66. The van der Waals surface area contributed by atoms with Gasteiger partial charge in [0.25, 0.3) is 0 Å². The Morgan fingerprint density at radius 1 is 1.50 bits per heavy atom. The molecular formula is C13H21NO2. The summed E-state index contributed by atoms with van der Waals surface area (Å²) >= 11 is 0. The van der Waals surface area contributed by atoms with E-state index >= 15 is 0 Å². The van der Waals surface area contributed by atoms with Crippen molar-refractivity contribution < 1.29 is 9.15 Å². The molecular weight excluding hydrogens is 202 g/mol. The van der Waals surface area contributed by atoms with Crippen molar-refractivity contribution in [3.63, 3.8) is 0 Å². The highest BCUT2D eigenvalue weighted by Gasteiger charge is 2.33. The van der Waals surface area contributed by atoms with Crippen LogP contribution < -0.4 is 5.73 Å². The molecule has 0 aromatic carbocycles. The summed E-state index contributed by atoms with van der Waals surface area (Å²) in [6.45, 7) is 6.95. The van der Waals surface area contributed by atoms with Crippen LogP contribution in [-0.2, 0) is 4.74 Å². The molecule has 3 nitrogen and oxygen atoms in total. The molecule has 2 N–H and O–H groups in total. The minimum atomic E-state index is 0.0462. The summed E-state index contributed by atoms with van der Waals surface area (Å²) in [6, 6.07) is 2.11. The van der Waals surface area contributed by atoms with E-state index in [2.05, 4.69) is 13.0 Å². The summed E-state index contributed by atoms with van der Waals surface area (Å²) in [5.74, 6) is 2.32. The molecule has 0 spiro atoms. The topological polar surface area (TPSA) is 48.4 Å². The minimum Gasteiger partial charge on any atom is -0.466 e. The van der Waals surface area contributed by atoms with Crippen LogP contribution in [-0.4, -0.2) is 12.7 Å². The predicted octanol–water partition coefficient (Wildman–Crippen LogP) is 2.71. The molecule has 0 aliphatic carbocycles. The number of rotatable bonds is 3. The van der Waals surface area contributed by atoms with Gasteiger partial charge in [-0.05, 0) is 32.8 Å². The number of hydrogen-bond donors (Lipinski definition) is 1. The van der Waals surface area contributed by atoms with Gasteiger partial charge in [-0.25, -0.2) is 0 Å². The SMILES string of the molecule is CCC1OCCC1C(N)c1cc(C)oc1C. The standard InChI is InChI=1S/C13H21NO2/c1-4-12-10(5-6-15-12)13(14)11-7-8(2)16-9(11)3/h7,10,12-13H,4-6,14H2,1-3H3. The Hall–Kier alpha value is -0.800. The molecule has 1 aromatic heterocycles. The molecule has 90 valence electrons. The Labute approximate surface area is 97.0 Å². The Morgan fingerprint density at radius 3 is 2.81 bits per heavy atom. The Balaban J connectivity index is 2.18. The number of hydrogen-bond acceptors (Lipinski definition) is 3. The maximum Gasteiger partial charge on any atom is 0.105 e. The first-order valence-electron chi connectivity index (χ1n) is 6.07. The van der Waals surface area contributed by atoms with Gasteiger partial charge in [0.05, 0.1) is 6.10 Å². The van der Waals surface area contributed by atoms with Crippen LogP contribution in [0.5, 0.6) is 0 Å². The third-order valence-corrected chi connectivity index (χ3v) is 3.56. The van der Waals surface area contributed by atoms with Crippen LogP contribution >= 0.6 is 0 Å². The second kappa shape index (κ2) is 4.60. The fraction of sp³-hybridized carbons (Fsp3) is 0.692. The lowest BCUT2D eigenvalue weighted by Crippen LogP contribution is -2.28. The zero-order valence-corrected chi connectivity index (χ0v) is 10.3. The second-order valence-electron chi connectivity index (χ2n) is 4.66. The van der Waals surface area contributed by atoms with Gasteiger partial charge in [-0.15, -0.1) is 0 Å². The van der Waals surface area contributed by atoms with E-state index < -0.39 is 0 Å². The largest absolute Gasteiger partial charge is 0.466 e. The van der Waals surface area contributed by atoms with Crippen molar-refractivity contribution in [1.29, 1.82) is 0 Å². The lowest BCUT2D eigenvalue weighted by Gasteiger charge is -2.23. The van der Waals surface area contributed by atoms with Crippen LogP contribution in [0, 0.1) is 19.8 Å². The summed E-state index contributed by atoms with van der Waals surface area (Å²) in [7, 11) is 0. The molecule has 16 heavy (non-hydrogen) atoms. The van der Waals surface area contributed by atoms with Crippen molar-refractivity contribution >= 4 is 0 Å². The van der Waals surface area contributed by atoms with E-state index in [9.17, 15) is 0 Å². The Kier molecular flexibility index (Phi) is 3.36. The molecule has 1 aliphatic rings. The van der Waals surface area contributed by atoms with Gasteiger partial charge in [0.15, 0.2) is 0 Å². The molecule has 0 radical (unpaired) electrons. The Bertz CT molecular complexity index is 359. The van der Waals surface area contributed by atoms with E-state index in [1.54, 1.807) is 0 Å². The van der Waals surface area contributed by atoms with Gasteiger partial charge in [-0.2, -0.15) is 0 Å². The molecule has 2 rings (SSSR count). The van der Waals surface area contributed by atoms with Gasteiger partial charge >= 0.3 is 0 Å². The lowest BCUT2D eigenvalue weighted by atomic mass is 9.87. The van der Waals surface area contributed by atoms with Crippen molar-refractivity contribution in [2.75, 3.05) is 6.61 Å². The quantitative estimate of drug-likeness (QED) is 0.857. The summed E-state index contributed by atoms with van der Waals surface area (Å²) in [5.41, 5.74) is 7.49. The van der Waals surface area contributed by atoms with Gasteiger partial charge in [-0.3, -0.25) is 0 Å². The molecule has 0 saturated carbocycles. The van der Waals surface area contributed by atoms with Gasteiger partial charge in [-0.1, -0.05) is 6.92 Å². The molecule has 1 fully saturated rings. The summed E-state index contributed by atoms with van der Waals surface area (Å²) < 4.78 is 11.2. The van der Waals surface area contributed by atoms with Crippen LogP contribution in [0.1, 0.15) is 42.9 Å². The van der Waals surface area contributed by atoms with Crippen LogP contribution in [0.4, 0.5) is 0 Å². The van der Waals surface area contributed by atoms with Crippen molar-refractivity contribution in [3.8, 4) is 0 Å². The van der Waals surface area contributed by atoms with Crippen LogP contribution in [0.15, 0.2) is 10.5 Å². The van der Waals surface area contributed by atoms with Crippen molar-refractivity contribution in [2.45, 2.75) is 45.8 Å². The molecule has 3 atom stereocenters. The van der Waals surface area contributed by atoms with Crippen LogP contribution in [0.2, 0.25) is 0 Å². The molecule has 1 aromatic rings. The smallest absolute Gasteiger partial charge is 0.105 e. The highest BCUT2D eigenvalue weighted by molar-refractivity contribution is 5.24. The van der Waals surface area contributed by atoms with Crippen LogP contribution in [0.3, 0.4) is 0 Å². The third kappa shape index (κ3) is 2.02. The molecule has 1 saturated heterocycles. The molecule has 3 unspecified atom stereocenters. The monoisotopic (exact) mass is 223 g/mol.